The summed E-state index contributed by atoms with van der Waals surface area (Å²) in [6.07, 6.45) is 6.61. The van der Waals surface area contributed by atoms with Gasteiger partial charge < -0.3 is 10.2 Å². The molecule has 0 spiro atoms. The highest BCUT2D eigenvalue weighted by molar-refractivity contribution is 6.30. The van der Waals surface area contributed by atoms with E-state index in [1.165, 1.54) is 31.2 Å². The average molecular weight is 293 g/mol. The molecule has 20 heavy (non-hydrogen) atoms. The number of rotatable bonds is 4. The lowest BCUT2D eigenvalue weighted by Gasteiger charge is -2.40. The highest BCUT2D eigenvalue weighted by Crippen LogP contribution is 2.39. The molecule has 2 bridgehead atoms. The lowest BCUT2D eigenvalue weighted by atomic mass is 9.82. The predicted octanol–water partition coefficient (Wildman–Crippen LogP) is 3.34. The first-order valence-electron chi connectivity index (χ1n) is 7.81. The summed E-state index contributed by atoms with van der Waals surface area (Å²) in [6, 6.07) is 10.6. The lowest BCUT2D eigenvalue weighted by Crippen LogP contribution is -2.47. The van der Waals surface area contributed by atoms with Gasteiger partial charge in [-0.15, -0.1) is 0 Å². The molecule has 2 nitrogen and oxygen atoms in total. The third-order valence-electron chi connectivity index (χ3n) is 5.44. The Labute approximate surface area is 127 Å². The fourth-order valence-corrected chi connectivity index (χ4v) is 4.29. The van der Waals surface area contributed by atoms with E-state index in [4.69, 9.17) is 11.6 Å². The minimum absolute atomic E-state index is 0.591. The molecule has 2 heterocycles. The second-order valence-electron chi connectivity index (χ2n) is 6.51. The monoisotopic (exact) mass is 292 g/mol. The van der Waals surface area contributed by atoms with Crippen LogP contribution in [0, 0.1) is 5.92 Å². The Morgan fingerprint density at radius 1 is 1.20 bits per heavy atom. The third kappa shape index (κ3) is 2.88. The van der Waals surface area contributed by atoms with Crippen molar-refractivity contribution in [3.63, 3.8) is 0 Å². The number of likely N-dealkylation sites (N-methyl/N-ethyl adjacent to an activating group) is 1. The van der Waals surface area contributed by atoms with Crippen molar-refractivity contribution in [3.05, 3.63) is 34.9 Å². The minimum atomic E-state index is 0.591. The molecule has 0 aliphatic carbocycles. The Morgan fingerprint density at radius 2 is 1.80 bits per heavy atom. The highest BCUT2D eigenvalue weighted by atomic mass is 35.5. The number of nitrogens with one attached hydrogen (secondary N) is 1. The van der Waals surface area contributed by atoms with Crippen LogP contribution < -0.4 is 5.32 Å². The number of halogens is 1. The van der Waals surface area contributed by atoms with Gasteiger partial charge in [0.15, 0.2) is 0 Å². The quantitative estimate of drug-likeness (QED) is 0.916. The molecule has 1 N–H and O–H groups in total. The van der Waals surface area contributed by atoms with Crippen LogP contribution in [0.5, 0.6) is 0 Å². The molecule has 2 fully saturated rings. The van der Waals surface area contributed by atoms with Crippen LogP contribution in [0.2, 0.25) is 5.02 Å². The fourth-order valence-electron chi connectivity index (χ4n) is 4.16. The highest BCUT2D eigenvalue weighted by Gasteiger charge is 2.40. The van der Waals surface area contributed by atoms with Gasteiger partial charge in [-0.05, 0) is 69.8 Å². The number of hydrogen-bond acceptors (Lipinski definition) is 2. The summed E-state index contributed by atoms with van der Waals surface area (Å²) in [5, 5.41) is 4.39. The van der Waals surface area contributed by atoms with Crippen molar-refractivity contribution in [3.8, 4) is 0 Å². The van der Waals surface area contributed by atoms with E-state index < -0.39 is 0 Å². The van der Waals surface area contributed by atoms with Crippen LogP contribution in [0.1, 0.15) is 31.2 Å². The van der Waals surface area contributed by atoms with E-state index in [-0.39, 0.29) is 0 Å². The van der Waals surface area contributed by atoms with Crippen LogP contribution in [0.25, 0.3) is 0 Å². The van der Waals surface area contributed by atoms with Gasteiger partial charge in [-0.25, -0.2) is 0 Å². The first-order chi connectivity index (χ1) is 9.67. The van der Waals surface area contributed by atoms with E-state index in [1.807, 2.05) is 12.1 Å². The number of nitrogens with zero attached hydrogens (tertiary/aromatic N) is 1. The normalized spacial score (nSPS) is 31.4. The molecule has 0 amide bonds. The number of piperidine rings is 1. The van der Waals surface area contributed by atoms with Crippen molar-refractivity contribution in [2.45, 2.75) is 50.2 Å². The summed E-state index contributed by atoms with van der Waals surface area (Å²) in [5.41, 5.74) is 1.39. The molecular weight excluding hydrogens is 268 g/mol. The first-order valence-corrected chi connectivity index (χ1v) is 8.19. The van der Waals surface area contributed by atoms with Crippen LogP contribution >= 0.6 is 11.6 Å². The van der Waals surface area contributed by atoms with Crippen molar-refractivity contribution in [1.29, 1.82) is 0 Å². The van der Waals surface area contributed by atoms with E-state index in [2.05, 4.69) is 36.4 Å². The fraction of sp³-hybridized carbons (Fsp3) is 0.647. The molecule has 0 aromatic heterocycles. The number of hydrogen-bond donors (Lipinski definition) is 1. The van der Waals surface area contributed by atoms with Gasteiger partial charge in [0.25, 0.3) is 0 Å². The molecule has 3 atom stereocenters. The molecule has 1 aromatic carbocycles. The maximum Gasteiger partial charge on any atom is 0.0406 e. The molecular formula is C17H25ClN2. The Hall–Kier alpha value is -0.570. The number of benzene rings is 1. The first kappa shape index (κ1) is 14.4. The van der Waals surface area contributed by atoms with Gasteiger partial charge in [-0.2, -0.15) is 0 Å². The van der Waals surface area contributed by atoms with Crippen molar-refractivity contribution >= 4 is 11.6 Å². The SMILES string of the molecule is CNC(Cc1ccc(Cl)cc1)C1CC2CCC(C1)N2C. The molecule has 3 heteroatoms. The minimum Gasteiger partial charge on any atom is -0.316 e. The van der Waals surface area contributed by atoms with Crippen LogP contribution in [-0.4, -0.2) is 37.1 Å². The molecule has 0 radical (unpaired) electrons. The van der Waals surface area contributed by atoms with Crippen LogP contribution in [0.4, 0.5) is 0 Å². The largest absolute Gasteiger partial charge is 0.316 e. The van der Waals surface area contributed by atoms with Crippen molar-refractivity contribution in [1.82, 2.24) is 10.2 Å². The van der Waals surface area contributed by atoms with E-state index in [9.17, 15) is 0 Å². The Balaban J connectivity index is 1.66. The number of fused-ring (bicyclic) bond motifs is 2. The molecule has 2 saturated heterocycles. The molecule has 110 valence electrons. The molecule has 1 aromatic rings. The second-order valence-corrected chi connectivity index (χ2v) is 6.94. The molecule has 2 aliphatic heterocycles. The topological polar surface area (TPSA) is 15.3 Å². The Morgan fingerprint density at radius 3 is 2.35 bits per heavy atom. The van der Waals surface area contributed by atoms with Gasteiger partial charge >= 0.3 is 0 Å². The standard InChI is InChI=1S/C17H25ClN2/c1-19-17(9-12-3-5-14(18)6-4-12)13-10-15-7-8-16(11-13)20(15)2/h3-6,13,15-17,19H,7-11H2,1-2H3. The van der Waals surface area contributed by atoms with Crippen molar-refractivity contribution in [2.75, 3.05) is 14.1 Å². The van der Waals surface area contributed by atoms with E-state index in [1.54, 1.807) is 0 Å². The molecule has 3 unspecified atom stereocenters. The van der Waals surface area contributed by atoms with E-state index in [0.29, 0.717) is 6.04 Å². The van der Waals surface area contributed by atoms with Gasteiger partial charge in [-0.1, -0.05) is 23.7 Å². The van der Waals surface area contributed by atoms with Crippen molar-refractivity contribution < 1.29 is 0 Å². The maximum atomic E-state index is 5.97. The molecule has 3 rings (SSSR count). The lowest BCUT2D eigenvalue weighted by molar-refractivity contribution is 0.114. The van der Waals surface area contributed by atoms with Gasteiger partial charge in [0.05, 0.1) is 0 Å². The zero-order valence-corrected chi connectivity index (χ0v) is 13.2. The van der Waals surface area contributed by atoms with Gasteiger partial charge in [0, 0.05) is 23.1 Å². The van der Waals surface area contributed by atoms with Crippen LogP contribution in [0.15, 0.2) is 24.3 Å². The van der Waals surface area contributed by atoms with E-state index in [0.717, 1.165) is 29.4 Å². The molecule has 0 saturated carbocycles. The smallest absolute Gasteiger partial charge is 0.0406 e. The van der Waals surface area contributed by atoms with Crippen LogP contribution in [0.3, 0.4) is 0 Å². The zero-order chi connectivity index (χ0) is 14.1. The van der Waals surface area contributed by atoms with Gasteiger partial charge in [0.2, 0.25) is 0 Å². The average Bonchev–Trinajstić information content (AvgIpc) is 2.67. The summed E-state index contributed by atoms with van der Waals surface area (Å²) in [7, 11) is 4.42. The Bertz CT molecular complexity index is 431. The van der Waals surface area contributed by atoms with E-state index >= 15 is 0 Å². The molecule has 2 aliphatic rings. The Kier molecular flexibility index (Phi) is 4.34. The summed E-state index contributed by atoms with van der Waals surface area (Å²) in [6.45, 7) is 0. The summed E-state index contributed by atoms with van der Waals surface area (Å²) < 4.78 is 0. The summed E-state index contributed by atoms with van der Waals surface area (Å²) in [5.74, 6) is 0.810. The zero-order valence-electron chi connectivity index (χ0n) is 12.5. The second kappa shape index (κ2) is 6.05. The summed E-state index contributed by atoms with van der Waals surface area (Å²) >= 11 is 5.97. The van der Waals surface area contributed by atoms with Crippen molar-refractivity contribution in [2.24, 2.45) is 5.92 Å². The summed E-state index contributed by atoms with van der Waals surface area (Å²) in [4.78, 5) is 2.62. The van der Waals surface area contributed by atoms with Crippen LogP contribution in [-0.2, 0) is 6.42 Å². The maximum absolute atomic E-state index is 5.97. The third-order valence-corrected chi connectivity index (χ3v) is 5.70. The van der Waals surface area contributed by atoms with Gasteiger partial charge in [0.1, 0.15) is 0 Å². The van der Waals surface area contributed by atoms with Gasteiger partial charge in [-0.3, -0.25) is 0 Å². The predicted molar refractivity (Wildman–Crippen MR) is 85.3 cm³/mol.